The van der Waals surface area contributed by atoms with Gasteiger partial charge in [0.1, 0.15) is 0 Å². The van der Waals surface area contributed by atoms with E-state index in [4.69, 9.17) is 5.73 Å². The first-order chi connectivity index (χ1) is 8.16. The molecule has 0 radical (unpaired) electrons. The van der Waals surface area contributed by atoms with Crippen molar-refractivity contribution in [2.45, 2.75) is 25.7 Å². The first-order valence-electron chi connectivity index (χ1n) is 6.00. The lowest BCUT2D eigenvalue weighted by molar-refractivity contribution is 0.0953. The summed E-state index contributed by atoms with van der Waals surface area (Å²) in [5.41, 5.74) is 6.97. The molecule has 1 amide bonds. The van der Waals surface area contributed by atoms with Gasteiger partial charge in [-0.2, -0.15) is 0 Å². The van der Waals surface area contributed by atoms with Crippen molar-refractivity contribution in [1.29, 1.82) is 0 Å². The van der Waals surface area contributed by atoms with Gasteiger partial charge in [-0.25, -0.2) is 0 Å². The third-order valence-corrected chi connectivity index (χ3v) is 3.72. The Morgan fingerprint density at radius 1 is 1.47 bits per heavy atom. The van der Waals surface area contributed by atoms with E-state index in [-0.39, 0.29) is 5.91 Å². The van der Waals surface area contributed by atoms with Crippen LogP contribution in [0.25, 0.3) is 0 Å². The van der Waals surface area contributed by atoms with Crippen molar-refractivity contribution >= 4 is 27.5 Å². The number of hydrogen-bond acceptors (Lipinski definition) is 2. The summed E-state index contributed by atoms with van der Waals surface area (Å²) < 4.78 is 0.767. The fraction of sp³-hybridized carbons (Fsp3) is 0.462. The number of benzene rings is 1. The zero-order valence-corrected chi connectivity index (χ0v) is 11.3. The van der Waals surface area contributed by atoms with E-state index in [1.807, 2.05) is 0 Å². The molecule has 0 aromatic heterocycles. The number of hydrogen-bond donors (Lipinski definition) is 2. The van der Waals surface area contributed by atoms with Gasteiger partial charge in [0.2, 0.25) is 0 Å². The zero-order valence-electron chi connectivity index (χ0n) is 9.71. The van der Waals surface area contributed by atoms with E-state index < -0.39 is 0 Å². The van der Waals surface area contributed by atoms with E-state index >= 15 is 0 Å². The van der Waals surface area contributed by atoms with Crippen LogP contribution in [-0.4, -0.2) is 12.5 Å². The Hall–Kier alpha value is -1.03. The molecule has 3 nitrogen and oxygen atoms in total. The second kappa shape index (κ2) is 5.54. The second-order valence-electron chi connectivity index (χ2n) is 4.58. The third kappa shape index (κ3) is 3.73. The molecular weight excluding hydrogens is 280 g/mol. The molecule has 1 aromatic carbocycles. The summed E-state index contributed by atoms with van der Waals surface area (Å²) >= 11 is 3.32. The maximum Gasteiger partial charge on any atom is 0.251 e. The molecular formula is C13H17BrN2O. The number of carbonyl (C=O) groups is 1. The number of nitrogens with one attached hydrogen (secondary N) is 1. The van der Waals surface area contributed by atoms with E-state index in [0.29, 0.717) is 11.3 Å². The number of rotatable bonds is 5. The first kappa shape index (κ1) is 12.4. The van der Waals surface area contributed by atoms with Crippen molar-refractivity contribution in [2.75, 3.05) is 12.3 Å². The molecule has 92 valence electrons. The van der Waals surface area contributed by atoms with Crippen LogP contribution in [0.2, 0.25) is 0 Å². The lowest BCUT2D eigenvalue weighted by Crippen LogP contribution is -2.24. The lowest BCUT2D eigenvalue weighted by atomic mass is 10.2. The van der Waals surface area contributed by atoms with Crippen molar-refractivity contribution in [3.8, 4) is 0 Å². The van der Waals surface area contributed by atoms with Crippen LogP contribution < -0.4 is 11.1 Å². The predicted octanol–water partition coefficient (Wildman–Crippen LogP) is 2.95. The molecule has 1 aromatic rings. The van der Waals surface area contributed by atoms with Crippen LogP contribution >= 0.6 is 15.9 Å². The Morgan fingerprint density at radius 3 is 2.88 bits per heavy atom. The van der Waals surface area contributed by atoms with Crippen molar-refractivity contribution in [2.24, 2.45) is 5.92 Å². The van der Waals surface area contributed by atoms with Gasteiger partial charge in [-0.3, -0.25) is 4.79 Å². The van der Waals surface area contributed by atoms with Gasteiger partial charge in [-0.15, -0.1) is 0 Å². The van der Waals surface area contributed by atoms with Gasteiger partial charge in [0, 0.05) is 22.3 Å². The Bertz CT molecular complexity index is 416. The number of amides is 1. The minimum absolute atomic E-state index is 0.0264. The van der Waals surface area contributed by atoms with E-state index in [1.54, 1.807) is 18.2 Å². The highest BCUT2D eigenvalue weighted by Gasteiger charge is 2.20. The van der Waals surface area contributed by atoms with Gasteiger partial charge in [0.15, 0.2) is 0 Å². The standard InChI is InChI=1S/C13H17BrN2O/c14-11-8-10(5-6-12(11)15)13(17)16-7-1-2-9-3-4-9/h5-6,8-9H,1-4,7,15H2,(H,16,17). The topological polar surface area (TPSA) is 55.1 Å². The number of carbonyl (C=O) groups excluding carboxylic acids is 1. The minimum atomic E-state index is -0.0264. The molecule has 3 N–H and O–H groups in total. The van der Waals surface area contributed by atoms with E-state index in [9.17, 15) is 4.79 Å². The Morgan fingerprint density at radius 2 is 2.24 bits per heavy atom. The maximum atomic E-state index is 11.8. The molecule has 2 rings (SSSR count). The smallest absolute Gasteiger partial charge is 0.251 e. The molecule has 1 aliphatic carbocycles. The summed E-state index contributed by atoms with van der Waals surface area (Å²) in [7, 11) is 0. The normalized spacial score (nSPS) is 14.6. The number of nitrogen functional groups attached to an aromatic ring is 1. The SMILES string of the molecule is Nc1ccc(C(=O)NCCCC2CC2)cc1Br. The molecule has 0 heterocycles. The molecule has 17 heavy (non-hydrogen) atoms. The van der Waals surface area contributed by atoms with Crippen LogP contribution in [0.5, 0.6) is 0 Å². The quantitative estimate of drug-likeness (QED) is 0.648. The highest BCUT2D eigenvalue weighted by molar-refractivity contribution is 9.10. The van der Waals surface area contributed by atoms with Crippen LogP contribution in [-0.2, 0) is 0 Å². The van der Waals surface area contributed by atoms with Gasteiger partial charge in [0.05, 0.1) is 0 Å². The van der Waals surface area contributed by atoms with Crippen LogP contribution in [0, 0.1) is 5.92 Å². The highest BCUT2D eigenvalue weighted by Crippen LogP contribution is 2.33. The van der Waals surface area contributed by atoms with E-state index in [2.05, 4.69) is 21.2 Å². The largest absolute Gasteiger partial charge is 0.398 e. The van der Waals surface area contributed by atoms with Gasteiger partial charge < -0.3 is 11.1 Å². The lowest BCUT2D eigenvalue weighted by Gasteiger charge is -2.06. The second-order valence-corrected chi connectivity index (χ2v) is 5.43. The Kier molecular flexibility index (Phi) is 4.05. The molecule has 1 saturated carbocycles. The number of nitrogens with two attached hydrogens (primary N) is 1. The first-order valence-corrected chi connectivity index (χ1v) is 6.79. The number of anilines is 1. The van der Waals surface area contributed by atoms with Gasteiger partial charge >= 0.3 is 0 Å². The summed E-state index contributed by atoms with van der Waals surface area (Å²) in [5, 5.41) is 2.93. The van der Waals surface area contributed by atoms with Gasteiger partial charge in [0.25, 0.3) is 5.91 Å². The minimum Gasteiger partial charge on any atom is -0.398 e. The molecule has 0 spiro atoms. The summed E-state index contributed by atoms with van der Waals surface area (Å²) in [5.74, 6) is 0.902. The fourth-order valence-corrected chi connectivity index (χ4v) is 2.15. The average Bonchev–Trinajstić information content (AvgIpc) is 3.12. The van der Waals surface area contributed by atoms with Gasteiger partial charge in [-0.1, -0.05) is 12.8 Å². The summed E-state index contributed by atoms with van der Waals surface area (Å²) in [4.78, 5) is 11.8. The Labute approximate surface area is 110 Å². The van der Waals surface area contributed by atoms with Crippen molar-refractivity contribution in [3.05, 3.63) is 28.2 Å². The van der Waals surface area contributed by atoms with Crippen molar-refractivity contribution < 1.29 is 4.79 Å². The summed E-state index contributed by atoms with van der Waals surface area (Å²) in [6, 6.07) is 5.24. The molecule has 0 bridgehead atoms. The van der Waals surface area contributed by atoms with Gasteiger partial charge in [-0.05, 0) is 52.9 Å². The van der Waals surface area contributed by atoms with Crippen molar-refractivity contribution in [1.82, 2.24) is 5.32 Å². The molecule has 0 saturated heterocycles. The Balaban J connectivity index is 1.79. The predicted molar refractivity (Wildman–Crippen MR) is 72.8 cm³/mol. The summed E-state index contributed by atoms with van der Waals surface area (Å²) in [6.45, 7) is 0.761. The molecule has 0 unspecified atom stereocenters. The van der Waals surface area contributed by atoms with E-state index in [0.717, 1.165) is 23.4 Å². The van der Waals surface area contributed by atoms with Crippen LogP contribution in [0.4, 0.5) is 5.69 Å². The average molecular weight is 297 g/mol. The fourth-order valence-electron chi connectivity index (χ4n) is 1.77. The molecule has 1 aliphatic rings. The van der Waals surface area contributed by atoms with Crippen LogP contribution in [0.1, 0.15) is 36.0 Å². The maximum absolute atomic E-state index is 11.8. The molecule has 1 fully saturated rings. The van der Waals surface area contributed by atoms with Crippen LogP contribution in [0.3, 0.4) is 0 Å². The molecule has 0 atom stereocenters. The third-order valence-electron chi connectivity index (χ3n) is 3.03. The summed E-state index contributed by atoms with van der Waals surface area (Å²) in [6.07, 6.45) is 5.07. The zero-order chi connectivity index (χ0) is 12.3. The van der Waals surface area contributed by atoms with E-state index in [1.165, 1.54) is 19.3 Å². The monoisotopic (exact) mass is 296 g/mol. The number of halogens is 1. The molecule has 0 aliphatic heterocycles. The van der Waals surface area contributed by atoms with Crippen molar-refractivity contribution in [3.63, 3.8) is 0 Å². The molecule has 4 heteroatoms. The highest BCUT2D eigenvalue weighted by atomic mass is 79.9. The van der Waals surface area contributed by atoms with Crippen LogP contribution in [0.15, 0.2) is 22.7 Å².